The lowest BCUT2D eigenvalue weighted by molar-refractivity contribution is -0.139. The van der Waals surface area contributed by atoms with E-state index in [-0.39, 0.29) is 26.4 Å². The topological polar surface area (TPSA) is 17.1 Å². The van der Waals surface area contributed by atoms with E-state index in [2.05, 4.69) is 0 Å². The highest BCUT2D eigenvalue weighted by Crippen LogP contribution is 2.41. The number of carbonyl (C=O) groups is 1. The maximum Gasteiger partial charge on any atom is 0.399 e. The van der Waals surface area contributed by atoms with Crippen LogP contribution in [-0.2, 0) is 0 Å². The van der Waals surface area contributed by atoms with E-state index in [1.54, 1.807) is 25.1 Å². The number of benzene rings is 2. The largest absolute Gasteiger partial charge is 0.399 e. The molecule has 0 aliphatic carbocycles. The van der Waals surface area contributed by atoms with Gasteiger partial charge in [-0.05, 0) is 53.2 Å². The Morgan fingerprint density at radius 2 is 1.80 bits per heavy atom. The number of carbonyl (C=O) groups excluding carboxylic acids is 1. The molecule has 8 heteroatoms. The molecule has 1 nitrogen and oxygen atoms in total. The molecular weight excluding hydrogens is 476 g/mol. The summed E-state index contributed by atoms with van der Waals surface area (Å²) in [6, 6.07) is 7.39. The molecule has 0 radical (unpaired) electrons. The summed E-state index contributed by atoms with van der Waals surface area (Å²) in [5, 5.41) is -0.0564. The van der Waals surface area contributed by atoms with Gasteiger partial charge in [0, 0.05) is 12.0 Å². The van der Waals surface area contributed by atoms with Crippen LogP contribution in [0.4, 0.5) is 13.2 Å². The molecule has 1 aliphatic rings. The van der Waals surface area contributed by atoms with Crippen LogP contribution >= 0.6 is 46.6 Å². The second-order valence-corrected chi connectivity index (χ2v) is 9.55. The van der Waals surface area contributed by atoms with Crippen molar-refractivity contribution in [1.29, 1.82) is 0 Å². The number of hydrogen-bond donors (Lipinski definition) is 0. The summed E-state index contributed by atoms with van der Waals surface area (Å²) in [6.45, 7) is 1.79. The summed E-state index contributed by atoms with van der Waals surface area (Å²) in [5.41, 5.74) is 1.84. The maximum absolute atomic E-state index is 13.7. The molecule has 0 spiro atoms. The third-order valence-electron chi connectivity index (χ3n) is 4.93. The van der Waals surface area contributed by atoms with Crippen molar-refractivity contribution >= 4 is 58.4 Å². The molecule has 2 aromatic rings. The quantitative estimate of drug-likeness (QED) is 0.298. The Kier molecular flexibility index (Phi) is 7.49. The van der Waals surface area contributed by atoms with Gasteiger partial charge in [0.05, 0.1) is 21.0 Å². The standard InChI is InChI=1S/C22H18Cl3F3OS/c1-12-6-13(2-4-16(12)20(29)7-14-10-30-11-14)3-5-17(22(26,27)28)15-8-18(23)21(25)19(24)9-15/h2-6,8-9,14,17H,7,10-11H2,1H3/b5-3+. The molecule has 1 fully saturated rings. The van der Waals surface area contributed by atoms with Gasteiger partial charge in [0.2, 0.25) is 0 Å². The van der Waals surface area contributed by atoms with E-state index >= 15 is 0 Å². The van der Waals surface area contributed by atoms with Crippen molar-refractivity contribution in [3.8, 4) is 0 Å². The van der Waals surface area contributed by atoms with Gasteiger partial charge in [0.1, 0.15) is 0 Å². The third-order valence-corrected chi connectivity index (χ3v) is 7.54. The predicted octanol–water partition coefficient (Wildman–Crippen LogP) is 8.25. The van der Waals surface area contributed by atoms with Gasteiger partial charge in [-0.25, -0.2) is 0 Å². The fourth-order valence-corrected chi connectivity index (χ4v) is 4.67. The first-order chi connectivity index (χ1) is 14.1. The summed E-state index contributed by atoms with van der Waals surface area (Å²) < 4.78 is 41.0. The van der Waals surface area contributed by atoms with Gasteiger partial charge in [0.15, 0.2) is 5.78 Å². The van der Waals surface area contributed by atoms with Crippen LogP contribution < -0.4 is 0 Å². The van der Waals surface area contributed by atoms with Crippen LogP contribution in [0, 0.1) is 12.8 Å². The number of halogens is 6. The van der Waals surface area contributed by atoms with Crippen molar-refractivity contribution in [3.63, 3.8) is 0 Å². The number of aryl methyl sites for hydroxylation is 1. The fourth-order valence-electron chi connectivity index (χ4n) is 3.25. The molecule has 3 rings (SSSR count). The Balaban J connectivity index is 1.84. The average molecular weight is 494 g/mol. The highest BCUT2D eigenvalue weighted by atomic mass is 35.5. The van der Waals surface area contributed by atoms with Gasteiger partial charge < -0.3 is 0 Å². The summed E-state index contributed by atoms with van der Waals surface area (Å²) in [6.07, 6.45) is -1.59. The summed E-state index contributed by atoms with van der Waals surface area (Å²) in [7, 11) is 0. The van der Waals surface area contributed by atoms with E-state index in [1.165, 1.54) is 18.2 Å². The monoisotopic (exact) mass is 492 g/mol. The van der Waals surface area contributed by atoms with Crippen molar-refractivity contribution in [2.45, 2.75) is 25.4 Å². The maximum atomic E-state index is 13.7. The zero-order valence-corrected chi connectivity index (χ0v) is 19.0. The Labute approximate surface area is 192 Å². The van der Waals surface area contributed by atoms with Crippen LogP contribution in [0.2, 0.25) is 15.1 Å². The molecule has 1 atom stereocenters. The molecule has 0 N–H and O–H groups in total. The molecule has 160 valence electrons. The van der Waals surface area contributed by atoms with E-state index < -0.39 is 12.1 Å². The smallest absolute Gasteiger partial charge is 0.294 e. The molecule has 1 aliphatic heterocycles. The van der Waals surface area contributed by atoms with E-state index in [0.717, 1.165) is 23.1 Å². The van der Waals surface area contributed by atoms with Gasteiger partial charge in [-0.3, -0.25) is 4.79 Å². The first kappa shape index (κ1) is 23.5. The molecule has 0 aromatic heterocycles. The molecule has 0 saturated carbocycles. The number of Topliss-reactive ketones (excluding diaryl/α,β-unsaturated/α-hetero) is 1. The minimum atomic E-state index is -4.54. The minimum Gasteiger partial charge on any atom is -0.294 e. The van der Waals surface area contributed by atoms with Crippen LogP contribution in [0.25, 0.3) is 6.08 Å². The minimum absolute atomic E-state index is 0.0170. The third kappa shape index (κ3) is 5.56. The van der Waals surface area contributed by atoms with Crippen molar-refractivity contribution in [2.75, 3.05) is 11.5 Å². The number of thioether (sulfide) groups is 1. The number of rotatable bonds is 6. The van der Waals surface area contributed by atoms with Gasteiger partial charge in [-0.15, -0.1) is 0 Å². The zero-order valence-electron chi connectivity index (χ0n) is 15.9. The molecule has 1 saturated heterocycles. The van der Waals surface area contributed by atoms with Crippen LogP contribution in [0.1, 0.15) is 39.4 Å². The van der Waals surface area contributed by atoms with Crippen LogP contribution in [0.5, 0.6) is 0 Å². The Bertz CT molecular complexity index is 961. The predicted molar refractivity (Wildman–Crippen MR) is 120 cm³/mol. The van der Waals surface area contributed by atoms with E-state index in [0.29, 0.717) is 23.5 Å². The van der Waals surface area contributed by atoms with Crippen LogP contribution in [-0.4, -0.2) is 23.5 Å². The number of hydrogen-bond acceptors (Lipinski definition) is 2. The normalized spacial score (nSPS) is 16.0. The Morgan fingerprint density at radius 1 is 1.17 bits per heavy atom. The van der Waals surface area contributed by atoms with Gasteiger partial charge >= 0.3 is 6.18 Å². The number of ketones is 1. The van der Waals surface area contributed by atoms with Crippen molar-refractivity contribution in [3.05, 3.63) is 73.7 Å². The second-order valence-electron chi connectivity index (χ2n) is 7.28. The van der Waals surface area contributed by atoms with Gasteiger partial charge in [0.25, 0.3) is 0 Å². The second kappa shape index (κ2) is 9.56. The molecule has 0 bridgehead atoms. The zero-order chi connectivity index (χ0) is 22.1. The molecule has 1 heterocycles. The van der Waals surface area contributed by atoms with Crippen molar-refractivity contribution in [2.24, 2.45) is 5.92 Å². The lowest BCUT2D eigenvalue weighted by Crippen LogP contribution is -2.21. The Hall–Kier alpha value is -1.14. The van der Waals surface area contributed by atoms with Gasteiger partial charge in [-0.1, -0.05) is 65.2 Å². The number of allylic oxidation sites excluding steroid dienone is 1. The lowest BCUT2D eigenvalue weighted by Gasteiger charge is -2.24. The van der Waals surface area contributed by atoms with E-state index in [9.17, 15) is 18.0 Å². The fraction of sp³-hybridized carbons (Fsp3) is 0.318. The van der Waals surface area contributed by atoms with Crippen LogP contribution in [0.15, 0.2) is 36.4 Å². The molecule has 0 amide bonds. The Morgan fingerprint density at radius 3 is 2.30 bits per heavy atom. The molecule has 1 unspecified atom stereocenters. The van der Waals surface area contributed by atoms with Crippen molar-refractivity contribution < 1.29 is 18.0 Å². The first-order valence-electron chi connectivity index (χ1n) is 9.17. The highest BCUT2D eigenvalue weighted by Gasteiger charge is 2.39. The van der Waals surface area contributed by atoms with Crippen LogP contribution in [0.3, 0.4) is 0 Å². The molecular formula is C22H18Cl3F3OS. The SMILES string of the molecule is Cc1cc(/C=C/C(c2cc(Cl)c(Cl)c(Cl)c2)C(F)(F)F)ccc1C(=O)CC1CSC1. The van der Waals surface area contributed by atoms with E-state index in [4.69, 9.17) is 34.8 Å². The molecule has 30 heavy (non-hydrogen) atoms. The van der Waals surface area contributed by atoms with Crippen molar-refractivity contribution in [1.82, 2.24) is 0 Å². The highest BCUT2D eigenvalue weighted by molar-refractivity contribution is 8.00. The summed E-state index contributed by atoms with van der Waals surface area (Å²) in [4.78, 5) is 12.4. The van der Waals surface area contributed by atoms with E-state index in [1.807, 2.05) is 11.8 Å². The first-order valence-corrected chi connectivity index (χ1v) is 11.5. The number of alkyl halides is 3. The van der Waals surface area contributed by atoms with Gasteiger partial charge in [-0.2, -0.15) is 24.9 Å². The summed E-state index contributed by atoms with van der Waals surface area (Å²) >= 11 is 19.5. The summed E-state index contributed by atoms with van der Waals surface area (Å²) in [5.74, 6) is 0.605. The lowest BCUT2D eigenvalue weighted by atomic mass is 9.94. The molecule has 2 aromatic carbocycles. The average Bonchev–Trinajstić information content (AvgIpc) is 2.61.